The van der Waals surface area contributed by atoms with Crippen LogP contribution >= 0.6 is 0 Å². The summed E-state index contributed by atoms with van der Waals surface area (Å²) >= 11 is 0. The molecule has 4 nitrogen and oxygen atoms in total. The number of benzene rings is 1. The van der Waals surface area contributed by atoms with Gasteiger partial charge in [-0.05, 0) is 68.8 Å². The number of nitrogens with one attached hydrogen (secondary N) is 1. The monoisotopic (exact) mass is 308 g/mol. The molecule has 1 aliphatic carbocycles. The Hall–Kier alpha value is -0.910. The summed E-state index contributed by atoms with van der Waals surface area (Å²) in [6.45, 7) is 1.23. The Bertz CT molecular complexity index is 605. The Labute approximate surface area is 127 Å². The van der Waals surface area contributed by atoms with Gasteiger partial charge in [0.25, 0.3) is 0 Å². The minimum absolute atomic E-state index is 0.444. The van der Waals surface area contributed by atoms with Crippen LogP contribution in [-0.4, -0.2) is 38.9 Å². The van der Waals surface area contributed by atoms with Gasteiger partial charge in [0.1, 0.15) is 0 Å². The fraction of sp³-hybridized carbons (Fsp3) is 0.625. The van der Waals surface area contributed by atoms with E-state index in [2.05, 4.69) is 5.32 Å². The summed E-state index contributed by atoms with van der Waals surface area (Å²) in [6.07, 6.45) is 6.27. The quantitative estimate of drug-likeness (QED) is 0.928. The lowest BCUT2D eigenvalue weighted by molar-refractivity contribution is 0.298. The molecule has 1 fully saturated rings. The van der Waals surface area contributed by atoms with Crippen molar-refractivity contribution in [1.82, 2.24) is 9.62 Å². The highest BCUT2D eigenvalue weighted by Gasteiger charge is 2.29. The number of aryl methyl sites for hydroxylation is 2. The molecule has 0 amide bonds. The van der Waals surface area contributed by atoms with Crippen molar-refractivity contribution in [3.63, 3.8) is 0 Å². The standard InChI is InChI=1S/C16H24N2O2S/c1-17-15-8-10-18(11-9-15)21(19,20)16-7-6-13-4-2-3-5-14(13)12-16/h6-7,12,15,17H,2-5,8-11H2,1H3. The topological polar surface area (TPSA) is 49.4 Å². The second kappa shape index (κ2) is 6.07. The third-order valence-electron chi connectivity index (χ3n) is 4.82. The summed E-state index contributed by atoms with van der Waals surface area (Å²) in [4.78, 5) is 0.478. The smallest absolute Gasteiger partial charge is 0.243 e. The Morgan fingerprint density at radius 1 is 1.10 bits per heavy atom. The van der Waals surface area contributed by atoms with E-state index in [-0.39, 0.29) is 0 Å². The molecule has 21 heavy (non-hydrogen) atoms. The summed E-state index contributed by atoms with van der Waals surface area (Å²) in [5.74, 6) is 0. The van der Waals surface area contributed by atoms with Crippen molar-refractivity contribution >= 4 is 10.0 Å². The summed E-state index contributed by atoms with van der Waals surface area (Å²) < 4.78 is 27.2. The van der Waals surface area contributed by atoms with Crippen LogP contribution in [0.25, 0.3) is 0 Å². The lowest BCUT2D eigenvalue weighted by Crippen LogP contribution is -2.43. The predicted octanol–water partition coefficient (Wildman–Crippen LogP) is 1.94. The SMILES string of the molecule is CNC1CCN(S(=O)(=O)c2ccc3c(c2)CCCC3)CC1. The van der Waals surface area contributed by atoms with Crippen LogP contribution in [0.5, 0.6) is 0 Å². The molecule has 2 aliphatic rings. The average Bonchev–Trinajstić information content (AvgIpc) is 2.54. The van der Waals surface area contributed by atoms with Crippen molar-refractivity contribution in [3.05, 3.63) is 29.3 Å². The number of hydrogen-bond acceptors (Lipinski definition) is 3. The zero-order valence-corrected chi connectivity index (χ0v) is 13.5. The molecule has 0 saturated carbocycles. The van der Waals surface area contributed by atoms with Gasteiger partial charge in [-0.3, -0.25) is 0 Å². The molecule has 0 aromatic heterocycles. The summed E-state index contributed by atoms with van der Waals surface area (Å²) in [6, 6.07) is 6.17. The normalized spacial score (nSPS) is 21.2. The van der Waals surface area contributed by atoms with Crippen LogP contribution in [0.2, 0.25) is 0 Å². The van der Waals surface area contributed by atoms with Crippen LogP contribution in [-0.2, 0) is 22.9 Å². The molecule has 1 aliphatic heterocycles. The zero-order valence-electron chi connectivity index (χ0n) is 12.6. The highest BCUT2D eigenvalue weighted by atomic mass is 32.2. The van der Waals surface area contributed by atoms with Gasteiger partial charge in [0.2, 0.25) is 10.0 Å². The van der Waals surface area contributed by atoms with Gasteiger partial charge in [0, 0.05) is 19.1 Å². The van der Waals surface area contributed by atoms with Gasteiger partial charge in [-0.25, -0.2) is 8.42 Å². The van der Waals surface area contributed by atoms with Crippen LogP contribution < -0.4 is 5.32 Å². The highest BCUT2D eigenvalue weighted by Crippen LogP contribution is 2.27. The largest absolute Gasteiger partial charge is 0.317 e. The Balaban J connectivity index is 1.82. The second-order valence-electron chi connectivity index (χ2n) is 6.10. The minimum Gasteiger partial charge on any atom is -0.317 e. The van der Waals surface area contributed by atoms with E-state index in [4.69, 9.17) is 0 Å². The highest BCUT2D eigenvalue weighted by molar-refractivity contribution is 7.89. The van der Waals surface area contributed by atoms with Crippen molar-refractivity contribution in [1.29, 1.82) is 0 Å². The Morgan fingerprint density at radius 3 is 2.43 bits per heavy atom. The third-order valence-corrected chi connectivity index (χ3v) is 6.71. The van der Waals surface area contributed by atoms with Crippen molar-refractivity contribution in [2.24, 2.45) is 0 Å². The molecule has 3 rings (SSSR count). The lowest BCUT2D eigenvalue weighted by Gasteiger charge is -2.31. The maximum atomic E-state index is 12.8. The van der Waals surface area contributed by atoms with Crippen LogP contribution in [0.4, 0.5) is 0 Å². The van der Waals surface area contributed by atoms with Gasteiger partial charge in [-0.1, -0.05) is 6.07 Å². The van der Waals surface area contributed by atoms with E-state index in [0.717, 1.165) is 25.7 Å². The number of piperidine rings is 1. The fourth-order valence-electron chi connectivity index (χ4n) is 3.40. The second-order valence-corrected chi connectivity index (χ2v) is 8.04. The molecule has 116 valence electrons. The number of sulfonamides is 1. The fourth-order valence-corrected chi connectivity index (χ4v) is 4.93. The first-order valence-corrected chi connectivity index (χ1v) is 9.34. The zero-order chi connectivity index (χ0) is 14.9. The van der Waals surface area contributed by atoms with Gasteiger partial charge in [-0.2, -0.15) is 4.31 Å². The van der Waals surface area contributed by atoms with Crippen LogP contribution in [0.3, 0.4) is 0 Å². The van der Waals surface area contributed by atoms with Gasteiger partial charge >= 0.3 is 0 Å². The predicted molar refractivity (Wildman–Crippen MR) is 83.9 cm³/mol. The molecule has 0 unspecified atom stereocenters. The van der Waals surface area contributed by atoms with Gasteiger partial charge in [0.05, 0.1) is 4.90 Å². The summed E-state index contributed by atoms with van der Waals surface area (Å²) in [5, 5.41) is 3.24. The van der Waals surface area contributed by atoms with Crippen molar-refractivity contribution in [2.45, 2.75) is 49.5 Å². The molecule has 1 heterocycles. The molecular weight excluding hydrogens is 284 g/mol. The molecule has 5 heteroatoms. The van der Waals surface area contributed by atoms with Crippen LogP contribution in [0, 0.1) is 0 Å². The Kier molecular flexibility index (Phi) is 4.33. The molecule has 0 spiro atoms. The number of fused-ring (bicyclic) bond motifs is 1. The molecule has 0 radical (unpaired) electrons. The Morgan fingerprint density at radius 2 is 1.76 bits per heavy atom. The molecule has 1 N–H and O–H groups in total. The molecule has 0 bridgehead atoms. The van der Waals surface area contributed by atoms with E-state index in [1.165, 1.54) is 24.0 Å². The van der Waals surface area contributed by atoms with Gasteiger partial charge < -0.3 is 5.32 Å². The van der Waals surface area contributed by atoms with Crippen molar-refractivity contribution in [3.8, 4) is 0 Å². The van der Waals surface area contributed by atoms with E-state index in [1.54, 1.807) is 10.4 Å². The van der Waals surface area contributed by atoms with Crippen molar-refractivity contribution < 1.29 is 8.42 Å². The molecular formula is C16H24N2O2S. The third kappa shape index (κ3) is 3.00. The van der Waals surface area contributed by atoms with Crippen LogP contribution in [0.1, 0.15) is 36.8 Å². The molecule has 1 aromatic carbocycles. The first-order chi connectivity index (χ1) is 10.1. The maximum Gasteiger partial charge on any atom is 0.243 e. The number of nitrogens with zero attached hydrogens (tertiary/aromatic N) is 1. The number of rotatable bonds is 3. The maximum absolute atomic E-state index is 12.8. The lowest BCUT2D eigenvalue weighted by atomic mass is 9.92. The summed E-state index contributed by atoms with van der Waals surface area (Å²) in [7, 11) is -1.38. The van der Waals surface area contributed by atoms with E-state index >= 15 is 0 Å². The summed E-state index contributed by atoms with van der Waals surface area (Å²) in [5.41, 5.74) is 2.56. The van der Waals surface area contributed by atoms with Crippen molar-refractivity contribution in [2.75, 3.05) is 20.1 Å². The van der Waals surface area contributed by atoms with E-state index < -0.39 is 10.0 Å². The first-order valence-electron chi connectivity index (χ1n) is 7.90. The van der Waals surface area contributed by atoms with Gasteiger partial charge in [-0.15, -0.1) is 0 Å². The number of hydrogen-bond donors (Lipinski definition) is 1. The van der Waals surface area contributed by atoms with E-state index in [0.29, 0.717) is 24.0 Å². The molecule has 1 aromatic rings. The van der Waals surface area contributed by atoms with Gasteiger partial charge in [0.15, 0.2) is 0 Å². The molecule has 0 atom stereocenters. The van der Waals surface area contributed by atoms with Crippen LogP contribution in [0.15, 0.2) is 23.1 Å². The minimum atomic E-state index is -3.32. The average molecular weight is 308 g/mol. The van der Waals surface area contributed by atoms with E-state index in [1.807, 2.05) is 19.2 Å². The van der Waals surface area contributed by atoms with E-state index in [9.17, 15) is 8.42 Å². The first kappa shape index (κ1) is 15.0. The molecule has 1 saturated heterocycles.